The molecule has 0 radical (unpaired) electrons. The Bertz CT molecular complexity index is 874. The number of hydrogen-bond acceptors (Lipinski definition) is 3. The van der Waals surface area contributed by atoms with Gasteiger partial charge in [0.15, 0.2) is 0 Å². The van der Waals surface area contributed by atoms with E-state index >= 15 is 0 Å². The third-order valence-corrected chi connectivity index (χ3v) is 6.78. The van der Waals surface area contributed by atoms with Crippen LogP contribution in [0.5, 0.6) is 0 Å². The summed E-state index contributed by atoms with van der Waals surface area (Å²) in [6.07, 6.45) is 2.04. The van der Waals surface area contributed by atoms with Crippen molar-refractivity contribution in [2.75, 3.05) is 26.2 Å². The zero-order chi connectivity index (χ0) is 21.8. The molecule has 1 unspecified atom stereocenters. The summed E-state index contributed by atoms with van der Waals surface area (Å²) in [4.78, 5) is 45.9. The van der Waals surface area contributed by atoms with Crippen molar-refractivity contribution in [3.63, 3.8) is 0 Å². The van der Waals surface area contributed by atoms with Gasteiger partial charge >= 0.3 is 0 Å². The van der Waals surface area contributed by atoms with Crippen LogP contribution in [0.3, 0.4) is 0 Å². The second-order valence-electron chi connectivity index (χ2n) is 10.3. The lowest BCUT2D eigenvalue weighted by Gasteiger charge is -2.62. The standard InChI is InChI=1S/C24H33N3O3/c1-16(2)27-20(28)18-11-7-6-10-17(18)19(21(29)25-12-8-9-13-25)24(27)14-26(15-24)22(30)23(3,4)5/h6-7,10-11,16,19H,8-9,12-15H2,1-5H3. The van der Waals surface area contributed by atoms with Crippen LogP contribution in [0, 0.1) is 5.41 Å². The maximum absolute atomic E-state index is 13.8. The molecule has 3 heterocycles. The number of nitrogens with zero attached hydrogens (tertiary/aromatic N) is 3. The van der Waals surface area contributed by atoms with E-state index in [0.717, 1.165) is 31.5 Å². The Morgan fingerprint density at radius 2 is 1.63 bits per heavy atom. The molecule has 3 amide bonds. The van der Waals surface area contributed by atoms with E-state index in [0.29, 0.717) is 18.7 Å². The summed E-state index contributed by atoms with van der Waals surface area (Å²) in [5.41, 5.74) is 0.268. The van der Waals surface area contributed by atoms with Gasteiger partial charge in [-0.05, 0) is 38.3 Å². The Balaban J connectivity index is 1.81. The predicted octanol–water partition coefficient (Wildman–Crippen LogP) is 2.88. The van der Waals surface area contributed by atoms with Gasteiger partial charge in [0, 0.05) is 43.2 Å². The molecule has 3 aliphatic heterocycles. The number of hydrogen-bond donors (Lipinski definition) is 0. The Morgan fingerprint density at radius 3 is 2.20 bits per heavy atom. The van der Waals surface area contributed by atoms with Crippen LogP contribution in [0.2, 0.25) is 0 Å². The van der Waals surface area contributed by atoms with Crippen LogP contribution in [0.25, 0.3) is 0 Å². The van der Waals surface area contributed by atoms with Crippen molar-refractivity contribution in [1.29, 1.82) is 0 Å². The predicted molar refractivity (Wildman–Crippen MR) is 115 cm³/mol. The summed E-state index contributed by atoms with van der Waals surface area (Å²) in [7, 11) is 0. The number of carbonyl (C=O) groups is 3. The van der Waals surface area contributed by atoms with Crippen molar-refractivity contribution in [3.8, 4) is 0 Å². The first-order valence-corrected chi connectivity index (χ1v) is 11.1. The lowest BCUT2D eigenvalue weighted by molar-refractivity contribution is -0.162. The first-order chi connectivity index (χ1) is 14.1. The molecule has 3 aliphatic rings. The van der Waals surface area contributed by atoms with Gasteiger partial charge < -0.3 is 14.7 Å². The average molecular weight is 412 g/mol. The fourth-order valence-corrected chi connectivity index (χ4v) is 5.50. The molecule has 0 saturated carbocycles. The highest BCUT2D eigenvalue weighted by Gasteiger charge is 2.63. The topological polar surface area (TPSA) is 60.9 Å². The van der Waals surface area contributed by atoms with E-state index in [-0.39, 0.29) is 23.8 Å². The summed E-state index contributed by atoms with van der Waals surface area (Å²) in [6, 6.07) is 7.47. The number of carbonyl (C=O) groups excluding carboxylic acids is 3. The molecule has 2 fully saturated rings. The van der Waals surface area contributed by atoms with Crippen molar-refractivity contribution >= 4 is 17.7 Å². The van der Waals surface area contributed by atoms with Gasteiger partial charge in [-0.2, -0.15) is 0 Å². The number of fused-ring (bicyclic) bond motifs is 1. The van der Waals surface area contributed by atoms with Gasteiger partial charge in [-0.3, -0.25) is 14.4 Å². The molecule has 6 heteroatoms. The Kier molecular flexibility index (Phi) is 4.94. The summed E-state index contributed by atoms with van der Waals surface area (Å²) in [5, 5.41) is 0. The molecule has 4 rings (SSSR count). The van der Waals surface area contributed by atoms with Crippen molar-refractivity contribution in [2.45, 2.75) is 65.0 Å². The number of amides is 3. The summed E-state index contributed by atoms with van der Waals surface area (Å²) in [5.74, 6) is -0.304. The number of likely N-dealkylation sites (tertiary alicyclic amines) is 2. The van der Waals surface area contributed by atoms with Crippen LogP contribution in [0.15, 0.2) is 24.3 Å². The molecule has 1 atom stereocenters. The molecular formula is C24H33N3O3. The first-order valence-electron chi connectivity index (χ1n) is 11.1. The average Bonchev–Trinajstić information content (AvgIpc) is 3.18. The molecule has 0 N–H and O–H groups in total. The lowest BCUT2D eigenvalue weighted by Crippen LogP contribution is -2.79. The van der Waals surface area contributed by atoms with Gasteiger partial charge in [0.2, 0.25) is 11.8 Å². The summed E-state index contributed by atoms with van der Waals surface area (Å²) >= 11 is 0. The third kappa shape index (κ3) is 3.03. The van der Waals surface area contributed by atoms with E-state index in [1.807, 2.05) is 73.6 Å². The van der Waals surface area contributed by atoms with Crippen molar-refractivity contribution in [2.24, 2.45) is 5.41 Å². The van der Waals surface area contributed by atoms with Crippen molar-refractivity contribution < 1.29 is 14.4 Å². The maximum atomic E-state index is 13.8. The van der Waals surface area contributed by atoms with Crippen LogP contribution in [0.1, 0.15) is 69.3 Å². The van der Waals surface area contributed by atoms with Gasteiger partial charge in [-0.25, -0.2) is 0 Å². The zero-order valence-electron chi connectivity index (χ0n) is 18.8. The highest BCUT2D eigenvalue weighted by molar-refractivity contribution is 6.03. The van der Waals surface area contributed by atoms with Gasteiger partial charge in [-0.1, -0.05) is 39.0 Å². The molecule has 0 bridgehead atoms. The van der Waals surface area contributed by atoms with E-state index in [1.54, 1.807) is 0 Å². The molecule has 162 valence electrons. The second kappa shape index (κ2) is 7.10. The smallest absolute Gasteiger partial charge is 0.255 e. The largest absolute Gasteiger partial charge is 0.342 e. The van der Waals surface area contributed by atoms with Gasteiger partial charge in [0.05, 0.1) is 11.5 Å². The molecule has 0 aliphatic carbocycles. The minimum atomic E-state index is -0.680. The lowest BCUT2D eigenvalue weighted by atomic mass is 9.66. The van der Waals surface area contributed by atoms with Crippen LogP contribution in [-0.2, 0) is 9.59 Å². The Hall–Kier alpha value is -2.37. The highest BCUT2D eigenvalue weighted by Crippen LogP contribution is 2.49. The summed E-state index contributed by atoms with van der Waals surface area (Å²) < 4.78 is 0. The van der Waals surface area contributed by atoms with Crippen LogP contribution in [-0.4, -0.2) is 70.2 Å². The minimum Gasteiger partial charge on any atom is -0.342 e. The molecule has 1 aromatic carbocycles. The van der Waals surface area contributed by atoms with Crippen LogP contribution >= 0.6 is 0 Å². The van der Waals surface area contributed by atoms with E-state index in [9.17, 15) is 14.4 Å². The fourth-order valence-electron chi connectivity index (χ4n) is 5.50. The van der Waals surface area contributed by atoms with Gasteiger partial charge in [0.1, 0.15) is 0 Å². The van der Waals surface area contributed by atoms with E-state index in [1.165, 1.54) is 0 Å². The third-order valence-electron chi connectivity index (χ3n) is 6.78. The minimum absolute atomic E-state index is 0.0334. The fraction of sp³-hybridized carbons (Fsp3) is 0.625. The van der Waals surface area contributed by atoms with Crippen LogP contribution < -0.4 is 0 Å². The van der Waals surface area contributed by atoms with E-state index in [2.05, 4.69) is 0 Å². The molecule has 6 nitrogen and oxygen atoms in total. The van der Waals surface area contributed by atoms with Crippen molar-refractivity contribution in [3.05, 3.63) is 35.4 Å². The van der Waals surface area contributed by atoms with Gasteiger partial charge in [-0.15, -0.1) is 0 Å². The Morgan fingerprint density at radius 1 is 1.03 bits per heavy atom. The monoisotopic (exact) mass is 411 g/mol. The van der Waals surface area contributed by atoms with Crippen LogP contribution in [0.4, 0.5) is 0 Å². The van der Waals surface area contributed by atoms with E-state index < -0.39 is 16.9 Å². The molecular weight excluding hydrogens is 378 g/mol. The quantitative estimate of drug-likeness (QED) is 0.752. The highest BCUT2D eigenvalue weighted by atomic mass is 16.2. The molecule has 0 aromatic heterocycles. The van der Waals surface area contributed by atoms with Crippen molar-refractivity contribution in [1.82, 2.24) is 14.7 Å². The molecule has 1 spiro atoms. The number of rotatable bonds is 2. The SMILES string of the molecule is CC(C)N1C(=O)c2ccccc2C(C(=O)N2CCCC2)C12CN(C(=O)C(C)(C)C)C2. The summed E-state index contributed by atoms with van der Waals surface area (Å²) in [6.45, 7) is 12.1. The molecule has 1 aromatic rings. The maximum Gasteiger partial charge on any atom is 0.255 e. The zero-order valence-corrected chi connectivity index (χ0v) is 18.8. The first kappa shape index (κ1) is 20.9. The normalized spacial score (nSPS) is 23.1. The van der Waals surface area contributed by atoms with E-state index in [4.69, 9.17) is 0 Å². The Labute approximate surface area is 179 Å². The van der Waals surface area contributed by atoms with Gasteiger partial charge in [0.25, 0.3) is 5.91 Å². The number of benzene rings is 1. The molecule has 2 saturated heterocycles. The second-order valence-corrected chi connectivity index (χ2v) is 10.3. The molecule has 30 heavy (non-hydrogen) atoms.